The molecule has 106 valence electrons. The van der Waals surface area contributed by atoms with Gasteiger partial charge in [-0.15, -0.1) is 0 Å². The van der Waals surface area contributed by atoms with Crippen LogP contribution in [0.5, 0.6) is 0 Å². The number of rotatable bonds is 2. The molecule has 0 aliphatic rings. The summed E-state index contributed by atoms with van der Waals surface area (Å²) in [4.78, 5) is 17.8. The fourth-order valence-corrected chi connectivity index (χ4v) is 0.0913. The standard InChI is InChI=1S/C3H8O2.2C2H4O2.3H2O.Pb/c1-5-3-2-4;2*1-2(3)4;;;;/h4H,2-3H2,1H3;2*1H3,(H,3,4);3*1H2;/q;;;;;;+2/p-2. The fourth-order valence-electron chi connectivity index (χ4n) is 0.0913. The first-order valence-electron chi connectivity index (χ1n) is 3.33. The molecular formula is C7H20O9Pb. The van der Waals surface area contributed by atoms with E-state index in [0.29, 0.717) is 6.61 Å². The first kappa shape index (κ1) is 43.8. The van der Waals surface area contributed by atoms with Gasteiger partial charge in [0.2, 0.25) is 0 Å². The van der Waals surface area contributed by atoms with Crippen LogP contribution in [0.4, 0.5) is 0 Å². The molecule has 7 N–H and O–H groups in total. The molecule has 0 fully saturated rings. The Balaban J connectivity index is -0.0000000159. The Morgan fingerprint density at radius 3 is 1.24 bits per heavy atom. The summed E-state index contributed by atoms with van der Waals surface area (Å²) in [6.07, 6.45) is 0. The van der Waals surface area contributed by atoms with Crippen LogP contribution in [0.2, 0.25) is 0 Å². The van der Waals surface area contributed by atoms with Crippen molar-refractivity contribution in [1.82, 2.24) is 0 Å². The van der Waals surface area contributed by atoms with Gasteiger partial charge in [-0.05, 0) is 13.8 Å². The van der Waals surface area contributed by atoms with E-state index in [4.69, 9.17) is 24.9 Å². The molecule has 10 heteroatoms. The minimum atomic E-state index is -1.08. The molecule has 0 aromatic rings. The van der Waals surface area contributed by atoms with E-state index in [1.807, 2.05) is 0 Å². The summed E-state index contributed by atoms with van der Waals surface area (Å²) in [5.74, 6) is -2.17. The summed E-state index contributed by atoms with van der Waals surface area (Å²) in [7, 11) is 1.55. The van der Waals surface area contributed by atoms with Gasteiger partial charge in [-0.3, -0.25) is 0 Å². The van der Waals surface area contributed by atoms with Crippen LogP contribution in [0.1, 0.15) is 13.8 Å². The second kappa shape index (κ2) is 44.9. The van der Waals surface area contributed by atoms with Gasteiger partial charge in [0, 0.05) is 19.0 Å². The quantitative estimate of drug-likeness (QED) is 0.401. The molecule has 2 radical (unpaired) electrons. The van der Waals surface area contributed by atoms with Crippen molar-refractivity contribution in [3.8, 4) is 0 Å². The van der Waals surface area contributed by atoms with Gasteiger partial charge in [0.15, 0.2) is 0 Å². The predicted octanol–water partition coefficient (Wildman–Crippen LogP) is -5.72. The zero-order valence-corrected chi connectivity index (χ0v) is 13.8. The average Bonchev–Trinajstić information content (AvgIpc) is 1.86. The third-order valence-corrected chi connectivity index (χ3v) is 0.295. The van der Waals surface area contributed by atoms with Crippen molar-refractivity contribution in [2.45, 2.75) is 13.8 Å². The average molecular weight is 455 g/mol. The molecular weight excluding hydrogens is 435 g/mol. The Labute approximate surface area is 119 Å². The first-order chi connectivity index (χ1) is 5.88. The number of hydrogen-bond donors (Lipinski definition) is 1. The number of aliphatic hydroxyl groups is 1. The first-order valence-corrected chi connectivity index (χ1v) is 3.33. The normalized spacial score (nSPS) is 5.41. The SMILES string of the molecule is CC(=O)[O-].CC(=O)[O-].COCCO.O.O.O.[Pb+2]. The van der Waals surface area contributed by atoms with Crippen molar-refractivity contribution >= 4 is 39.2 Å². The Bertz CT molecular complexity index is 109. The third-order valence-electron chi connectivity index (χ3n) is 0.295. The Morgan fingerprint density at radius 2 is 1.24 bits per heavy atom. The number of carbonyl (C=O) groups is 2. The smallest absolute Gasteiger partial charge is 0.550 e. The number of aliphatic hydroxyl groups excluding tert-OH is 1. The van der Waals surface area contributed by atoms with E-state index in [1.165, 1.54) is 0 Å². The molecule has 0 bridgehead atoms. The van der Waals surface area contributed by atoms with Crippen molar-refractivity contribution in [1.29, 1.82) is 0 Å². The molecule has 0 aromatic carbocycles. The number of ether oxygens (including phenoxy) is 1. The number of hydrogen-bond acceptors (Lipinski definition) is 6. The van der Waals surface area contributed by atoms with E-state index in [-0.39, 0.29) is 50.3 Å². The van der Waals surface area contributed by atoms with E-state index in [9.17, 15) is 0 Å². The molecule has 0 aromatic heterocycles. The van der Waals surface area contributed by atoms with E-state index in [0.717, 1.165) is 13.8 Å². The van der Waals surface area contributed by atoms with Crippen molar-refractivity contribution in [2.75, 3.05) is 20.3 Å². The van der Waals surface area contributed by atoms with Gasteiger partial charge in [-0.1, -0.05) is 0 Å². The number of methoxy groups -OCH3 is 1. The van der Waals surface area contributed by atoms with Gasteiger partial charge in [-0.2, -0.15) is 0 Å². The number of carboxylic acid groups (broad SMARTS) is 2. The summed E-state index contributed by atoms with van der Waals surface area (Å²) < 4.78 is 4.44. The number of aliphatic carboxylic acids is 2. The van der Waals surface area contributed by atoms with Crippen LogP contribution in [0.3, 0.4) is 0 Å². The van der Waals surface area contributed by atoms with Crippen molar-refractivity contribution < 1.29 is 46.1 Å². The Kier molecular flexibility index (Phi) is 116. The van der Waals surface area contributed by atoms with Gasteiger partial charge in [0.05, 0.1) is 13.2 Å². The second-order valence-corrected chi connectivity index (χ2v) is 1.70. The molecule has 17 heavy (non-hydrogen) atoms. The van der Waals surface area contributed by atoms with Gasteiger partial charge in [0.25, 0.3) is 0 Å². The molecule has 0 heterocycles. The second-order valence-electron chi connectivity index (χ2n) is 1.70. The minimum absolute atomic E-state index is 0. The van der Waals surface area contributed by atoms with E-state index < -0.39 is 11.9 Å². The molecule has 9 nitrogen and oxygen atoms in total. The number of carbonyl (C=O) groups excluding carboxylic acids is 2. The molecule has 0 spiro atoms. The Hall–Kier alpha value is -0.338. The molecule has 0 aliphatic carbocycles. The van der Waals surface area contributed by atoms with E-state index in [1.54, 1.807) is 7.11 Å². The van der Waals surface area contributed by atoms with Crippen LogP contribution in [-0.2, 0) is 14.3 Å². The topological polar surface area (TPSA) is 204 Å². The maximum absolute atomic E-state index is 8.89. The van der Waals surface area contributed by atoms with Crippen molar-refractivity contribution in [3.05, 3.63) is 0 Å². The summed E-state index contributed by atoms with van der Waals surface area (Å²) in [6, 6.07) is 0. The van der Waals surface area contributed by atoms with Crippen LogP contribution in [-0.4, -0.2) is 81.1 Å². The van der Waals surface area contributed by atoms with Crippen molar-refractivity contribution in [2.24, 2.45) is 0 Å². The molecule has 0 amide bonds. The summed E-state index contributed by atoms with van der Waals surface area (Å²) in [5.41, 5.74) is 0. The van der Waals surface area contributed by atoms with Crippen LogP contribution >= 0.6 is 0 Å². The molecule has 0 unspecified atom stereocenters. The van der Waals surface area contributed by atoms with E-state index >= 15 is 0 Å². The zero-order chi connectivity index (χ0) is 11.3. The van der Waals surface area contributed by atoms with Crippen LogP contribution in [0, 0.1) is 0 Å². The van der Waals surface area contributed by atoms with Crippen LogP contribution < -0.4 is 10.2 Å². The van der Waals surface area contributed by atoms with Gasteiger partial charge < -0.3 is 46.1 Å². The molecule has 0 rings (SSSR count). The fraction of sp³-hybridized carbons (Fsp3) is 0.714. The third kappa shape index (κ3) is 1060. The maximum Gasteiger partial charge on any atom is 2.00 e. The summed E-state index contributed by atoms with van der Waals surface area (Å²) in [5, 5.41) is 25.7. The van der Waals surface area contributed by atoms with Gasteiger partial charge in [0.1, 0.15) is 0 Å². The summed E-state index contributed by atoms with van der Waals surface area (Å²) >= 11 is 0. The largest absolute Gasteiger partial charge is 2.00 e. The van der Waals surface area contributed by atoms with Crippen molar-refractivity contribution in [3.63, 3.8) is 0 Å². The van der Waals surface area contributed by atoms with Crippen LogP contribution in [0.25, 0.3) is 0 Å². The Morgan fingerprint density at radius 1 is 1.06 bits per heavy atom. The predicted molar refractivity (Wildman–Crippen MR) is 56.9 cm³/mol. The number of carboxylic acids is 2. The zero-order valence-electron chi connectivity index (χ0n) is 9.90. The van der Waals surface area contributed by atoms with Crippen LogP contribution in [0.15, 0.2) is 0 Å². The van der Waals surface area contributed by atoms with E-state index in [2.05, 4.69) is 4.74 Å². The molecule has 0 saturated carbocycles. The minimum Gasteiger partial charge on any atom is -0.550 e. The maximum atomic E-state index is 8.89. The van der Waals surface area contributed by atoms with Gasteiger partial charge in [-0.25, -0.2) is 0 Å². The molecule has 0 saturated heterocycles. The molecule has 0 aliphatic heterocycles. The molecule has 0 atom stereocenters. The summed E-state index contributed by atoms with van der Waals surface area (Å²) in [6.45, 7) is 2.51. The monoisotopic (exact) mass is 456 g/mol. The van der Waals surface area contributed by atoms with Gasteiger partial charge >= 0.3 is 27.3 Å².